The van der Waals surface area contributed by atoms with Crippen LogP contribution in [0.4, 0.5) is 4.39 Å². The molecule has 0 atom stereocenters. The van der Waals surface area contributed by atoms with Gasteiger partial charge in [-0.05, 0) is 27.8 Å². The molecule has 0 aliphatic rings. The highest BCUT2D eigenvalue weighted by Gasteiger charge is 2.30. The summed E-state index contributed by atoms with van der Waals surface area (Å²) >= 11 is 5.31. The lowest BCUT2D eigenvalue weighted by molar-refractivity contribution is 0.461. The summed E-state index contributed by atoms with van der Waals surface area (Å²) in [5.74, 6) is -0.842. The summed E-state index contributed by atoms with van der Waals surface area (Å²) in [5, 5.41) is -0.476. The van der Waals surface area contributed by atoms with E-state index in [9.17, 15) is 12.8 Å². The van der Waals surface area contributed by atoms with Crippen LogP contribution in [-0.4, -0.2) is 22.1 Å². The van der Waals surface area contributed by atoms with Crippen molar-refractivity contribution in [3.8, 4) is 0 Å². The van der Waals surface area contributed by atoms with Gasteiger partial charge in [-0.15, -0.1) is 0 Å². The first-order valence-electron chi connectivity index (χ1n) is 3.37. The van der Waals surface area contributed by atoms with Crippen LogP contribution < -0.4 is 0 Å². The first kappa shape index (κ1) is 12.7. The quantitative estimate of drug-likeness (QED) is 0.569. The fourth-order valence-corrected chi connectivity index (χ4v) is 2.81. The summed E-state index contributed by atoms with van der Waals surface area (Å²) in [6.45, 7) is 0. The second-order valence-corrected chi connectivity index (χ2v) is 7.89. The van der Waals surface area contributed by atoms with Gasteiger partial charge >= 0.3 is 9.15 Å². The standard InChI is InChI=1S/C6H6ClFO5S2/c7-5-3-4(1-2-6(5)8)14(9,10)15(11,12)13/h1-3,9-10H,(H,11,12,13). The molecule has 0 aliphatic heterocycles. The largest absolute Gasteiger partial charge is 0.374 e. The summed E-state index contributed by atoms with van der Waals surface area (Å²) in [7, 11) is -9.51. The number of rotatable bonds is 2. The minimum atomic E-state index is -5.07. The van der Waals surface area contributed by atoms with E-state index in [1.54, 1.807) is 0 Å². The minimum Gasteiger partial charge on any atom is -0.280 e. The molecule has 5 nitrogen and oxygen atoms in total. The Morgan fingerprint density at radius 2 is 1.73 bits per heavy atom. The zero-order valence-corrected chi connectivity index (χ0v) is 9.35. The average molecular weight is 277 g/mol. The Hall–Kier alpha value is -0.380. The van der Waals surface area contributed by atoms with Crippen LogP contribution in [0.1, 0.15) is 0 Å². The molecule has 86 valence electrons. The van der Waals surface area contributed by atoms with Crippen molar-refractivity contribution in [1.82, 2.24) is 0 Å². The van der Waals surface area contributed by atoms with Crippen LogP contribution in [0.3, 0.4) is 0 Å². The van der Waals surface area contributed by atoms with Crippen LogP contribution in [-0.2, 0) is 9.15 Å². The molecule has 0 radical (unpaired) electrons. The van der Waals surface area contributed by atoms with Gasteiger partial charge in [0.2, 0.25) is 0 Å². The van der Waals surface area contributed by atoms with E-state index in [-0.39, 0.29) is 0 Å². The average Bonchev–Trinajstić information content (AvgIpc) is 2.07. The maximum atomic E-state index is 12.7. The third-order valence-corrected chi connectivity index (χ3v) is 5.58. The third-order valence-electron chi connectivity index (χ3n) is 1.49. The molecule has 0 saturated heterocycles. The normalized spacial score (nSPS) is 13.9. The molecule has 15 heavy (non-hydrogen) atoms. The van der Waals surface area contributed by atoms with E-state index in [2.05, 4.69) is 0 Å². The lowest BCUT2D eigenvalue weighted by Crippen LogP contribution is -2.11. The zero-order valence-electron chi connectivity index (χ0n) is 6.96. The van der Waals surface area contributed by atoms with Gasteiger partial charge in [0.15, 0.2) is 0 Å². The van der Waals surface area contributed by atoms with Gasteiger partial charge in [0.1, 0.15) is 5.82 Å². The molecule has 0 heterocycles. The molecule has 0 bridgehead atoms. The molecular weight excluding hydrogens is 271 g/mol. The maximum Gasteiger partial charge on any atom is 0.374 e. The van der Waals surface area contributed by atoms with Crippen LogP contribution in [0.2, 0.25) is 5.02 Å². The van der Waals surface area contributed by atoms with Crippen LogP contribution in [0, 0.1) is 5.82 Å². The lowest BCUT2D eigenvalue weighted by Gasteiger charge is -2.27. The molecule has 0 fully saturated rings. The summed E-state index contributed by atoms with van der Waals surface area (Å²) < 4.78 is 60.7. The molecule has 0 aliphatic carbocycles. The predicted molar refractivity (Wildman–Crippen MR) is 54.1 cm³/mol. The van der Waals surface area contributed by atoms with Gasteiger partial charge in [-0.3, -0.25) is 13.7 Å². The third kappa shape index (κ3) is 2.41. The highest BCUT2D eigenvalue weighted by Crippen LogP contribution is 2.53. The number of benzene rings is 1. The van der Waals surface area contributed by atoms with E-state index in [1.807, 2.05) is 0 Å². The van der Waals surface area contributed by atoms with Crippen molar-refractivity contribution in [3.05, 3.63) is 29.0 Å². The fourth-order valence-electron chi connectivity index (χ4n) is 0.764. The Kier molecular flexibility index (Phi) is 3.29. The molecule has 3 N–H and O–H groups in total. The van der Waals surface area contributed by atoms with Gasteiger partial charge in [-0.2, -0.15) is 8.42 Å². The number of hydrogen-bond acceptors (Lipinski definition) is 4. The van der Waals surface area contributed by atoms with E-state index >= 15 is 0 Å². The van der Waals surface area contributed by atoms with Gasteiger partial charge in [0.05, 0.1) is 9.92 Å². The Morgan fingerprint density at radius 1 is 1.20 bits per heavy atom. The summed E-state index contributed by atoms with van der Waals surface area (Å²) in [4.78, 5) is -0.573. The Balaban J connectivity index is 3.35. The summed E-state index contributed by atoms with van der Waals surface area (Å²) in [6, 6.07) is 2.29. The Labute approximate surface area is 91.0 Å². The number of halogens is 2. The van der Waals surface area contributed by atoms with Gasteiger partial charge in [0.25, 0.3) is 0 Å². The lowest BCUT2D eigenvalue weighted by atomic mass is 10.3. The van der Waals surface area contributed by atoms with Gasteiger partial charge in [-0.25, -0.2) is 4.39 Å². The van der Waals surface area contributed by atoms with Crippen molar-refractivity contribution in [2.45, 2.75) is 4.90 Å². The predicted octanol–water partition coefficient (Wildman–Crippen LogP) is 2.39. The van der Waals surface area contributed by atoms with Gasteiger partial charge < -0.3 is 0 Å². The number of hydrogen-bond donors (Lipinski definition) is 3. The minimum absolute atomic E-state index is 0.476. The fraction of sp³-hybridized carbons (Fsp3) is 0. The zero-order chi connectivity index (χ0) is 11.9. The van der Waals surface area contributed by atoms with Crippen LogP contribution >= 0.6 is 21.2 Å². The molecule has 0 aromatic heterocycles. The molecule has 9 heteroatoms. The highest BCUT2D eigenvalue weighted by atomic mass is 35.5. The first-order valence-corrected chi connectivity index (χ1v) is 7.25. The molecule has 1 aromatic rings. The summed E-state index contributed by atoms with van der Waals surface area (Å²) in [5.41, 5.74) is 0. The molecule has 0 spiro atoms. The molecule has 0 unspecified atom stereocenters. The van der Waals surface area contributed by atoms with E-state index < -0.39 is 34.5 Å². The Morgan fingerprint density at radius 3 is 2.13 bits per heavy atom. The maximum absolute atomic E-state index is 12.7. The van der Waals surface area contributed by atoms with E-state index in [0.29, 0.717) is 0 Å². The first-order chi connectivity index (χ1) is 6.66. The monoisotopic (exact) mass is 276 g/mol. The van der Waals surface area contributed by atoms with Crippen LogP contribution in [0.15, 0.2) is 23.1 Å². The van der Waals surface area contributed by atoms with Crippen molar-refractivity contribution < 1.29 is 26.5 Å². The molecule has 1 aromatic carbocycles. The molecule has 0 amide bonds. The SMILES string of the molecule is O=S(=O)(O)S(O)(O)c1ccc(F)c(Cl)c1. The molecular formula is C6H6ClFO5S2. The summed E-state index contributed by atoms with van der Waals surface area (Å²) in [6.07, 6.45) is 0. The van der Waals surface area contributed by atoms with Crippen molar-refractivity contribution in [2.24, 2.45) is 0 Å². The molecule has 1 rings (SSSR count). The van der Waals surface area contributed by atoms with Crippen molar-refractivity contribution in [1.29, 1.82) is 0 Å². The van der Waals surface area contributed by atoms with Crippen molar-refractivity contribution in [3.63, 3.8) is 0 Å². The topological polar surface area (TPSA) is 94.8 Å². The van der Waals surface area contributed by atoms with E-state index in [4.69, 9.17) is 25.3 Å². The van der Waals surface area contributed by atoms with E-state index in [0.717, 1.165) is 18.2 Å². The van der Waals surface area contributed by atoms with Crippen LogP contribution in [0.5, 0.6) is 0 Å². The van der Waals surface area contributed by atoms with Crippen molar-refractivity contribution in [2.75, 3.05) is 0 Å². The second kappa shape index (κ2) is 3.89. The van der Waals surface area contributed by atoms with Crippen molar-refractivity contribution >= 4 is 30.4 Å². The highest BCUT2D eigenvalue weighted by molar-refractivity contribution is 8.83. The van der Waals surface area contributed by atoms with E-state index in [1.165, 1.54) is 0 Å². The van der Waals surface area contributed by atoms with Crippen LogP contribution in [0.25, 0.3) is 0 Å². The smallest absolute Gasteiger partial charge is 0.280 e. The second-order valence-electron chi connectivity index (χ2n) is 2.50. The Bertz CT molecular complexity index is 486. The van der Waals surface area contributed by atoms with Gasteiger partial charge in [0, 0.05) is 0 Å². The van der Waals surface area contributed by atoms with Gasteiger partial charge in [-0.1, -0.05) is 11.6 Å². The molecule has 0 saturated carbocycles.